The van der Waals surface area contributed by atoms with Gasteiger partial charge in [-0.1, -0.05) is 121 Å². The highest BCUT2D eigenvalue weighted by Gasteiger charge is 2.36. The van der Waals surface area contributed by atoms with E-state index in [1.165, 1.54) is 27.6 Å². The lowest BCUT2D eigenvalue weighted by Crippen LogP contribution is -2.27. The topological polar surface area (TPSA) is 33.4 Å². The molecule has 0 bridgehead atoms. The molecule has 0 amide bonds. The summed E-state index contributed by atoms with van der Waals surface area (Å²) in [5.41, 5.74) is 16.3. The average Bonchev–Trinajstić information content (AvgIpc) is 3.95. The highest BCUT2D eigenvalue weighted by atomic mass is 16.4. The minimum Gasteiger partial charge on any atom is -0.455 e. The maximum absolute atomic E-state index is 6.59. The molecule has 0 saturated heterocycles. The number of furan rings is 2. The summed E-state index contributed by atoms with van der Waals surface area (Å²) in [5, 5.41) is 4.60. The molecule has 0 radical (unpaired) electrons. The fourth-order valence-corrected chi connectivity index (χ4v) is 8.87. The third-order valence-electron chi connectivity index (χ3n) is 11.5. The van der Waals surface area contributed by atoms with Crippen molar-refractivity contribution in [2.75, 3.05) is 4.90 Å². The molecule has 266 valence electrons. The molecule has 0 saturated carbocycles. The molecule has 11 aromatic rings. The zero-order valence-electron chi connectivity index (χ0n) is 30.8. The van der Waals surface area contributed by atoms with E-state index in [2.05, 4.69) is 198 Å². The molecule has 4 heterocycles. The molecule has 0 aliphatic carbocycles. The number of anilines is 3. The lowest BCUT2D eigenvalue weighted by atomic mass is 9.95. The van der Waals surface area contributed by atoms with Gasteiger partial charge < -0.3 is 13.7 Å². The molecule has 4 heteroatoms. The number of pyridine rings is 1. The Hall–Kier alpha value is -7.69. The molecular formula is C53H33N2O2+. The number of benzene rings is 8. The van der Waals surface area contributed by atoms with Crippen molar-refractivity contribution in [2.45, 2.75) is 0 Å². The minimum atomic E-state index is 0.881. The zero-order chi connectivity index (χ0) is 37.5. The molecule has 57 heavy (non-hydrogen) atoms. The van der Waals surface area contributed by atoms with Gasteiger partial charge in [0.05, 0.1) is 5.56 Å². The number of para-hydroxylation sites is 3. The molecule has 0 unspecified atom stereocenters. The number of nitrogens with zero attached hydrogens (tertiary/aromatic N) is 2. The van der Waals surface area contributed by atoms with E-state index < -0.39 is 0 Å². The molecule has 1 aliphatic rings. The van der Waals surface area contributed by atoms with Crippen LogP contribution in [0.5, 0.6) is 0 Å². The monoisotopic (exact) mass is 729 g/mol. The quantitative estimate of drug-likeness (QED) is 0.160. The molecule has 1 aliphatic heterocycles. The highest BCUT2D eigenvalue weighted by Crippen LogP contribution is 2.47. The zero-order valence-corrected chi connectivity index (χ0v) is 30.8. The summed E-state index contributed by atoms with van der Waals surface area (Å²) >= 11 is 0. The summed E-state index contributed by atoms with van der Waals surface area (Å²) in [6.45, 7) is 0. The van der Waals surface area contributed by atoms with Crippen molar-refractivity contribution in [1.29, 1.82) is 0 Å². The van der Waals surface area contributed by atoms with Crippen molar-refractivity contribution >= 4 is 60.9 Å². The second kappa shape index (κ2) is 12.4. The van der Waals surface area contributed by atoms with Crippen LogP contribution in [0.4, 0.5) is 17.1 Å². The van der Waals surface area contributed by atoms with Gasteiger partial charge in [0.15, 0.2) is 6.20 Å². The van der Waals surface area contributed by atoms with Gasteiger partial charge >= 0.3 is 5.88 Å². The van der Waals surface area contributed by atoms with E-state index >= 15 is 0 Å². The first-order valence-electron chi connectivity index (χ1n) is 19.3. The lowest BCUT2D eigenvalue weighted by Gasteiger charge is -2.26. The summed E-state index contributed by atoms with van der Waals surface area (Å²) in [7, 11) is 0. The normalized spacial score (nSPS) is 11.9. The Kier molecular flexibility index (Phi) is 6.89. The number of fused-ring (bicyclic) bond motifs is 8. The van der Waals surface area contributed by atoms with Gasteiger partial charge in [-0.05, 0) is 94.5 Å². The van der Waals surface area contributed by atoms with Crippen LogP contribution in [0.3, 0.4) is 0 Å². The largest absolute Gasteiger partial charge is 0.455 e. The van der Waals surface area contributed by atoms with Gasteiger partial charge in [-0.15, -0.1) is 4.57 Å². The van der Waals surface area contributed by atoms with Gasteiger partial charge in [0, 0.05) is 50.2 Å². The van der Waals surface area contributed by atoms with Gasteiger partial charge in [-0.3, -0.25) is 0 Å². The Bertz CT molecular complexity index is 3320. The number of aromatic nitrogens is 1. The Morgan fingerprint density at radius 1 is 0.386 bits per heavy atom. The summed E-state index contributed by atoms with van der Waals surface area (Å²) in [5.74, 6) is 0.881. The molecule has 3 aromatic heterocycles. The summed E-state index contributed by atoms with van der Waals surface area (Å²) in [6, 6.07) is 68.9. The minimum absolute atomic E-state index is 0.881. The SMILES string of the molecule is c1ccc(-c2ccc(N(c3ccc(-c4cccc5c4oc4ccccc45)cc3)c3ccc(-c4cccc5oc6c(c45)-c4cccc5ccc[n+]-6c45)cc3)cc2)cc1. The van der Waals surface area contributed by atoms with Crippen LogP contribution in [0, 0.1) is 0 Å². The van der Waals surface area contributed by atoms with Gasteiger partial charge in [0.2, 0.25) is 5.52 Å². The van der Waals surface area contributed by atoms with Crippen molar-refractivity contribution in [3.8, 4) is 50.4 Å². The predicted molar refractivity (Wildman–Crippen MR) is 233 cm³/mol. The average molecular weight is 730 g/mol. The smallest absolute Gasteiger partial charge is 0.388 e. The third kappa shape index (κ3) is 4.91. The summed E-state index contributed by atoms with van der Waals surface area (Å²) < 4.78 is 15.2. The van der Waals surface area contributed by atoms with Crippen LogP contribution in [0.1, 0.15) is 0 Å². The second-order valence-electron chi connectivity index (χ2n) is 14.7. The maximum Gasteiger partial charge on any atom is 0.388 e. The highest BCUT2D eigenvalue weighted by molar-refractivity contribution is 6.12. The molecule has 12 rings (SSSR count). The van der Waals surface area contributed by atoms with Gasteiger partial charge in [0.1, 0.15) is 22.3 Å². The molecule has 4 nitrogen and oxygen atoms in total. The van der Waals surface area contributed by atoms with Crippen molar-refractivity contribution in [2.24, 2.45) is 0 Å². The Labute approximate surface area is 328 Å². The van der Waals surface area contributed by atoms with Crippen molar-refractivity contribution in [1.82, 2.24) is 0 Å². The van der Waals surface area contributed by atoms with Crippen molar-refractivity contribution in [3.05, 3.63) is 200 Å². The van der Waals surface area contributed by atoms with Crippen LogP contribution >= 0.6 is 0 Å². The van der Waals surface area contributed by atoms with E-state index in [4.69, 9.17) is 8.83 Å². The van der Waals surface area contributed by atoms with Crippen LogP contribution in [-0.2, 0) is 0 Å². The van der Waals surface area contributed by atoms with Crippen LogP contribution in [0.2, 0.25) is 0 Å². The standard InChI is InChI=1S/C53H33N2O2/c1-2-10-34(11-3-1)35-21-27-39(28-22-35)55(41-31-25-37(26-32-41)43-16-7-17-45-44-14-4-5-19-47(44)56-52(43)45)40-29-23-36(24-30-40)42-15-8-20-48-49(42)50-46-18-6-12-38-13-9-33-54(51(38)46)53(50)57-48/h1-33H/q+1. The molecular weight excluding hydrogens is 697 g/mol. The number of rotatable bonds is 6. The number of hydrogen-bond acceptors (Lipinski definition) is 3. The van der Waals surface area contributed by atoms with E-state index in [1.807, 2.05) is 12.1 Å². The fourth-order valence-electron chi connectivity index (χ4n) is 8.87. The van der Waals surface area contributed by atoms with E-state index in [-0.39, 0.29) is 0 Å². The van der Waals surface area contributed by atoms with Crippen LogP contribution in [-0.4, -0.2) is 0 Å². The second-order valence-corrected chi connectivity index (χ2v) is 14.7. The van der Waals surface area contributed by atoms with Gasteiger partial charge in [-0.2, -0.15) is 0 Å². The molecule has 0 fully saturated rings. The predicted octanol–water partition coefficient (Wildman–Crippen LogP) is 14.2. The van der Waals surface area contributed by atoms with Crippen molar-refractivity contribution in [3.63, 3.8) is 0 Å². The third-order valence-corrected chi connectivity index (χ3v) is 11.5. The van der Waals surface area contributed by atoms with Gasteiger partial charge in [-0.25, -0.2) is 0 Å². The molecule has 8 aromatic carbocycles. The van der Waals surface area contributed by atoms with Crippen LogP contribution in [0.25, 0.3) is 94.2 Å². The summed E-state index contributed by atoms with van der Waals surface area (Å²) in [6.07, 6.45) is 2.10. The first kappa shape index (κ1) is 31.6. The Balaban J connectivity index is 0.958. The number of hydrogen-bond donors (Lipinski definition) is 0. The Morgan fingerprint density at radius 3 is 1.72 bits per heavy atom. The van der Waals surface area contributed by atoms with Crippen molar-refractivity contribution < 1.29 is 13.4 Å². The summed E-state index contributed by atoms with van der Waals surface area (Å²) in [4.78, 5) is 2.33. The molecule has 0 atom stereocenters. The van der Waals surface area contributed by atoms with E-state index in [0.717, 1.165) is 83.7 Å². The van der Waals surface area contributed by atoms with E-state index in [9.17, 15) is 0 Å². The van der Waals surface area contributed by atoms with Crippen LogP contribution in [0.15, 0.2) is 209 Å². The first-order chi connectivity index (χ1) is 28.3. The van der Waals surface area contributed by atoms with Crippen LogP contribution < -0.4 is 9.47 Å². The van der Waals surface area contributed by atoms with E-state index in [1.54, 1.807) is 0 Å². The van der Waals surface area contributed by atoms with E-state index in [0.29, 0.717) is 0 Å². The lowest BCUT2D eigenvalue weighted by molar-refractivity contribution is -0.576. The Morgan fingerprint density at radius 2 is 0.947 bits per heavy atom. The molecule has 0 spiro atoms. The first-order valence-corrected chi connectivity index (χ1v) is 19.3. The maximum atomic E-state index is 6.59. The van der Waals surface area contributed by atoms with Gasteiger partial charge in [0.25, 0.3) is 0 Å². The molecule has 0 N–H and O–H groups in total. The fraction of sp³-hybridized carbons (Fsp3) is 0.